The highest BCUT2D eigenvalue weighted by molar-refractivity contribution is 5.57. The lowest BCUT2D eigenvalue weighted by Gasteiger charge is -2.19. The number of para-hydroxylation sites is 1. The molecule has 1 heterocycles. The first kappa shape index (κ1) is 11.5. The Kier molecular flexibility index (Phi) is 4.23. The van der Waals surface area contributed by atoms with Crippen molar-refractivity contribution in [1.82, 2.24) is 0 Å². The largest absolute Gasteiger partial charge is 0.371 e. The summed E-state index contributed by atoms with van der Waals surface area (Å²) in [4.78, 5) is 2.54. The number of benzene rings is 1. The van der Waals surface area contributed by atoms with Crippen LogP contribution in [0.2, 0.25) is 0 Å². The summed E-state index contributed by atoms with van der Waals surface area (Å²) in [5.41, 5.74) is 6.88. The maximum atomic E-state index is 3.88. The van der Waals surface area contributed by atoms with Crippen molar-refractivity contribution in [3.63, 3.8) is 0 Å². The molecule has 1 aliphatic heterocycles. The van der Waals surface area contributed by atoms with Crippen molar-refractivity contribution in [1.29, 1.82) is 0 Å². The molecule has 2 nitrogen and oxygen atoms in total. The third-order valence-corrected chi connectivity index (χ3v) is 3.41. The summed E-state index contributed by atoms with van der Waals surface area (Å²) >= 11 is 0. The Hall–Kier alpha value is -1.02. The average molecular weight is 219 g/mol. The first-order valence-corrected chi connectivity index (χ1v) is 6.54. The van der Waals surface area contributed by atoms with Crippen LogP contribution in [0.3, 0.4) is 0 Å². The predicted octanol–water partition coefficient (Wildman–Crippen LogP) is 1.85. The smallest absolute Gasteiger partial charge is 0.0739 e. The summed E-state index contributed by atoms with van der Waals surface area (Å²) in [6, 6.07) is 8.83. The van der Waals surface area contributed by atoms with E-state index in [2.05, 4.69) is 34.9 Å². The molecule has 0 radical (unpaired) electrons. The van der Waals surface area contributed by atoms with Crippen LogP contribution in [-0.2, 0) is 6.42 Å². The monoisotopic (exact) mass is 219 g/mol. The van der Waals surface area contributed by atoms with Gasteiger partial charge in [-0.3, -0.25) is 0 Å². The highest BCUT2D eigenvalue weighted by Gasteiger charge is 2.16. The Morgan fingerprint density at radius 2 is 1.88 bits per heavy atom. The maximum Gasteiger partial charge on any atom is 0.0739 e. The maximum absolute atomic E-state index is 3.88. The van der Waals surface area contributed by atoms with E-state index >= 15 is 0 Å². The van der Waals surface area contributed by atoms with Gasteiger partial charge in [0, 0.05) is 18.8 Å². The average Bonchev–Trinajstić information content (AvgIpc) is 2.73. The topological polar surface area (TPSA) is 30.9 Å². The molecule has 1 aliphatic rings. The Labute approximate surface area is 98.4 Å². The Balaban J connectivity index is 1.76. The minimum Gasteiger partial charge on any atom is -0.371 e. The van der Waals surface area contributed by atoms with E-state index in [4.69, 9.17) is 0 Å². The zero-order valence-electron chi connectivity index (χ0n) is 10.1. The molecule has 2 rings (SSSR count). The predicted molar refractivity (Wildman–Crippen MR) is 68.6 cm³/mol. The summed E-state index contributed by atoms with van der Waals surface area (Å²) in [6.45, 7) is 3.54. The molecule has 16 heavy (non-hydrogen) atoms. The number of fused-ring (bicyclic) bond motifs is 1. The van der Waals surface area contributed by atoms with E-state index in [1.807, 2.05) is 0 Å². The molecule has 0 aromatic heterocycles. The molecule has 0 saturated carbocycles. The number of rotatable bonds is 6. The molecule has 2 heteroatoms. The van der Waals surface area contributed by atoms with Gasteiger partial charge in [0.25, 0.3) is 0 Å². The molecule has 1 aromatic carbocycles. The van der Waals surface area contributed by atoms with Crippen molar-refractivity contribution in [2.45, 2.75) is 32.1 Å². The van der Waals surface area contributed by atoms with Crippen molar-refractivity contribution in [2.24, 2.45) is 0 Å². The zero-order chi connectivity index (χ0) is 11.2. The van der Waals surface area contributed by atoms with Gasteiger partial charge in [-0.15, -0.1) is 0 Å². The molecule has 1 aromatic rings. The lowest BCUT2D eigenvalue weighted by Crippen LogP contribution is -2.50. The van der Waals surface area contributed by atoms with Gasteiger partial charge in [-0.2, -0.15) is 0 Å². The molecule has 0 amide bonds. The molecule has 0 fully saturated rings. The zero-order valence-corrected chi connectivity index (χ0v) is 10.1. The first-order valence-electron chi connectivity index (χ1n) is 6.54. The summed E-state index contributed by atoms with van der Waals surface area (Å²) in [7, 11) is 0. The third kappa shape index (κ3) is 2.76. The molecule has 0 aliphatic carbocycles. The van der Waals surface area contributed by atoms with Crippen molar-refractivity contribution in [2.75, 3.05) is 24.5 Å². The van der Waals surface area contributed by atoms with E-state index in [1.54, 1.807) is 0 Å². The van der Waals surface area contributed by atoms with Gasteiger partial charge in [0.15, 0.2) is 0 Å². The van der Waals surface area contributed by atoms with Gasteiger partial charge in [-0.1, -0.05) is 24.6 Å². The summed E-state index contributed by atoms with van der Waals surface area (Å²) in [5, 5.41) is 0. The van der Waals surface area contributed by atoms with E-state index in [9.17, 15) is 0 Å². The summed E-state index contributed by atoms with van der Waals surface area (Å²) < 4.78 is 0. The minimum atomic E-state index is 1.09. The Morgan fingerprint density at radius 1 is 1.06 bits per heavy atom. The third-order valence-electron chi connectivity index (χ3n) is 3.41. The molecule has 0 atom stereocenters. The standard InChI is InChI=1S/C14H22N2/c15-10-5-1-2-6-11-16-12-9-13-7-3-4-8-14(13)16/h3-4,7-8H,1-2,5-6,9-12,15H2/p+1. The quantitative estimate of drug-likeness (QED) is 0.727. The van der Waals surface area contributed by atoms with Crippen LogP contribution in [0.4, 0.5) is 5.69 Å². The van der Waals surface area contributed by atoms with Crippen LogP contribution in [0.25, 0.3) is 0 Å². The number of nitrogens with zero attached hydrogens (tertiary/aromatic N) is 1. The van der Waals surface area contributed by atoms with E-state index in [0.717, 1.165) is 6.54 Å². The molecule has 0 spiro atoms. The van der Waals surface area contributed by atoms with Crippen LogP contribution < -0.4 is 10.6 Å². The number of hydrogen-bond acceptors (Lipinski definition) is 1. The van der Waals surface area contributed by atoms with Crippen LogP contribution in [0, 0.1) is 0 Å². The van der Waals surface area contributed by atoms with Gasteiger partial charge in [0.05, 0.1) is 6.54 Å². The number of quaternary nitrogens is 1. The minimum absolute atomic E-state index is 1.09. The highest BCUT2D eigenvalue weighted by atomic mass is 15.1. The fourth-order valence-electron chi connectivity index (χ4n) is 2.47. The molecule has 0 saturated heterocycles. The van der Waals surface area contributed by atoms with Gasteiger partial charge >= 0.3 is 0 Å². The van der Waals surface area contributed by atoms with Crippen molar-refractivity contribution < 1.29 is 5.73 Å². The van der Waals surface area contributed by atoms with Crippen LogP contribution >= 0.6 is 0 Å². The Bertz CT molecular complexity index is 322. The summed E-state index contributed by atoms with van der Waals surface area (Å²) in [5.74, 6) is 0. The fourth-order valence-corrected chi connectivity index (χ4v) is 2.47. The molecular weight excluding hydrogens is 196 g/mol. The second-order valence-electron chi connectivity index (χ2n) is 4.63. The second kappa shape index (κ2) is 5.90. The molecule has 0 bridgehead atoms. The van der Waals surface area contributed by atoms with Gasteiger partial charge in [0.1, 0.15) is 0 Å². The summed E-state index contributed by atoms with van der Waals surface area (Å²) in [6.07, 6.45) is 6.55. The van der Waals surface area contributed by atoms with Crippen molar-refractivity contribution in [3.05, 3.63) is 29.8 Å². The van der Waals surface area contributed by atoms with Crippen LogP contribution in [0.15, 0.2) is 24.3 Å². The fraction of sp³-hybridized carbons (Fsp3) is 0.571. The number of hydrogen-bond donors (Lipinski definition) is 1. The highest BCUT2D eigenvalue weighted by Crippen LogP contribution is 2.27. The molecule has 88 valence electrons. The van der Waals surface area contributed by atoms with Gasteiger partial charge in [-0.25, -0.2) is 0 Å². The van der Waals surface area contributed by atoms with E-state index in [0.29, 0.717) is 0 Å². The molecule has 0 unspecified atom stereocenters. The van der Waals surface area contributed by atoms with Gasteiger partial charge in [0.2, 0.25) is 0 Å². The van der Waals surface area contributed by atoms with Gasteiger partial charge in [-0.05, 0) is 37.3 Å². The SMILES string of the molecule is [NH3+]CCCCCCN1CCc2ccccc21. The van der Waals surface area contributed by atoms with Crippen LogP contribution in [0.5, 0.6) is 0 Å². The van der Waals surface area contributed by atoms with E-state index < -0.39 is 0 Å². The normalized spacial score (nSPS) is 14.2. The Morgan fingerprint density at radius 3 is 2.75 bits per heavy atom. The lowest BCUT2D eigenvalue weighted by molar-refractivity contribution is -0.368. The van der Waals surface area contributed by atoms with Gasteiger partial charge < -0.3 is 10.6 Å². The van der Waals surface area contributed by atoms with E-state index in [-0.39, 0.29) is 0 Å². The molecule has 3 N–H and O–H groups in total. The first-order chi connectivity index (χ1) is 7.92. The van der Waals surface area contributed by atoms with Crippen LogP contribution in [0.1, 0.15) is 31.2 Å². The molecular formula is C14H23N2+. The van der Waals surface area contributed by atoms with Crippen molar-refractivity contribution >= 4 is 5.69 Å². The lowest BCUT2D eigenvalue weighted by atomic mass is 10.1. The van der Waals surface area contributed by atoms with Crippen molar-refractivity contribution in [3.8, 4) is 0 Å². The number of anilines is 1. The number of unbranched alkanes of at least 4 members (excludes halogenated alkanes) is 3. The second-order valence-corrected chi connectivity index (χ2v) is 4.63. The van der Waals surface area contributed by atoms with E-state index in [1.165, 1.54) is 56.4 Å². The van der Waals surface area contributed by atoms with Crippen LogP contribution in [-0.4, -0.2) is 19.6 Å².